The number of aryl methyl sites for hydroxylation is 1. The second-order valence-corrected chi connectivity index (χ2v) is 6.24. The first-order valence-corrected chi connectivity index (χ1v) is 8.47. The van der Waals surface area contributed by atoms with Crippen molar-refractivity contribution in [3.05, 3.63) is 35.4 Å². The molecule has 3 nitrogen and oxygen atoms in total. The van der Waals surface area contributed by atoms with Gasteiger partial charge in [0.15, 0.2) is 0 Å². The summed E-state index contributed by atoms with van der Waals surface area (Å²) >= 11 is 0. The highest BCUT2D eigenvalue weighted by atomic mass is 16.5. The van der Waals surface area contributed by atoms with Crippen molar-refractivity contribution in [3.8, 4) is 0 Å². The number of fused-ring (bicyclic) bond motifs is 1. The molecule has 1 saturated heterocycles. The maximum absolute atomic E-state index is 5.46. The molecule has 0 N–H and O–H groups in total. The van der Waals surface area contributed by atoms with Gasteiger partial charge in [-0.05, 0) is 37.3 Å². The van der Waals surface area contributed by atoms with E-state index >= 15 is 0 Å². The third kappa shape index (κ3) is 3.85. The Balaban J connectivity index is 1.47. The molecule has 1 aliphatic carbocycles. The Morgan fingerprint density at radius 3 is 2.62 bits per heavy atom. The zero-order chi connectivity index (χ0) is 14.5. The Hall–Kier alpha value is -0.900. The third-order valence-corrected chi connectivity index (χ3v) is 5.00. The van der Waals surface area contributed by atoms with Crippen molar-refractivity contribution in [1.29, 1.82) is 0 Å². The third-order valence-electron chi connectivity index (χ3n) is 5.00. The van der Waals surface area contributed by atoms with Crippen molar-refractivity contribution < 1.29 is 4.74 Å². The molecule has 0 radical (unpaired) electrons. The maximum Gasteiger partial charge on any atom is 0.0593 e. The number of hydrogen-bond acceptors (Lipinski definition) is 3. The first-order chi connectivity index (χ1) is 10.4. The van der Waals surface area contributed by atoms with Crippen LogP contribution in [0.3, 0.4) is 0 Å². The van der Waals surface area contributed by atoms with Crippen LogP contribution in [-0.4, -0.2) is 61.8 Å². The molecular weight excluding hydrogens is 260 g/mol. The van der Waals surface area contributed by atoms with Crippen molar-refractivity contribution >= 4 is 0 Å². The highest BCUT2D eigenvalue weighted by Gasteiger charge is 2.26. The Morgan fingerprint density at radius 1 is 1.10 bits per heavy atom. The summed E-state index contributed by atoms with van der Waals surface area (Å²) in [4.78, 5) is 5.26. The fraction of sp³-hybridized carbons (Fsp3) is 0.667. The lowest BCUT2D eigenvalue weighted by Crippen LogP contribution is -2.52. The molecule has 2 aliphatic rings. The van der Waals surface area contributed by atoms with Crippen LogP contribution in [-0.2, 0) is 17.6 Å². The topological polar surface area (TPSA) is 15.7 Å². The highest BCUT2D eigenvalue weighted by Crippen LogP contribution is 2.25. The molecule has 3 heteroatoms. The number of hydrogen-bond donors (Lipinski definition) is 0. The van der Waals surface area contributed by atoms with Gasteiger partial charge in [-0.25, -0.2) is 0 Å². The molecule has 0 spiro atoms. The second-order valence-electron chi connectivity index (χ2n) is 6.24. The predicted octanol–water partition coefficient (Wildman–Crippen LogP) is 2.20. The number of piperazine rings is 1. The molecule has 1 aliphatic heterocycles. The molecule has 21 heavy (non-hydrogen) atoms. The minimum absolute atomic E-state index is 0.758. The van der Waals surface area contributed by atoms with E-state index in [1.165, 1.54) is 45.4 Å². The standard InChI is InChI=1S/C18H28N2O/c1-2-21-14-13-19-9-11-20(12-10-19)18-8-7-16-5-3-4-6-17(16)15-18/h3-6,18H,2,7-15H2,1H3/t18-/m1/s1. The summed E-state index contributed by atoms with van der Waals surface area (Å²) in [5.41, 5.74) is 3.15. The van der Waals surface area contributed by atoms with Crippen LogP contribution in [0, 0.1) is 0 Å². The molecule has 1 atom stereocenters. The lowest BCUT2D eigenvalue weighted by atomic mass is 9.87. The molecule has 0 amide bonds. The van der Waals surface area contributed by atoms with Crippen molar-refractivity contribution in [3.63, 3.8) is 0 Å². The molecule has 1 aromatic carbocycles. The zero-order valence-electron chi connectivity index (χ0n) is 13.3. The second kappa shape index (κ2) is 7.39. The summed E-state index contributed by atoms with van der Waals surface area (Å²) in [6, 6.07) is 9.74. The largest absolute Gasteiger partial charge is 0.380 e. The van der Waals surface area contributed by atoms with Crippen molar-refractivity contribution in [2.75, 3.05) is 45.9 Å². The molecule has 0 saturated carbocycles. The summed E-state index contributed by atoms with van der Waals surface area (Å²) in [6.45, 7) is 9.72. The van der Waals surface area contributed by atoms with Crippen LogP contribution >= 0.6 is 0 Å². The smallest absolute Gasteiger partial charge is 0.0593 e. The van der Waals surface area contributed by atoms with Crippen LogP contribution in [0.5, 0.6) is 0 Å². The maximum atomic E-state index is 5.46. The molecule has 116 valence electrons. The Morgan fingerprint density at radius 2 is 1.86 bits per heavy atom. The molecule has 3 rings (SSSR count). The molecule has 0 aromatic heterocycles. The molecule has 1 aromatic rings. The van der Waals surface area contributed by atoms with Crippen LogP contribution in [0.25, 0.3) is 0 Å². The minimum Gasteiger partial charge on any atom is -0.380 e. The van der Waals surface area contributed by atoms with Crippen molar-refractivity contribution in [2.24, 2.45) is 0 Å². The summed E-state index contributed by atoms with van der Waals surface area (Å²) < 4.78 is 5.46. The number of ether oxygens (including phenoxy) is 1. The number of nitrogens with zero attached hydrogens (tertiary/aromatic N) is 2. The fourth-order valence-corrected chi connectivity index (χ4v) is 3.68. The van der Waals surface area contributed by atoms with Crippen LogP contribution in [0.2, 0.25) is 0 Å². The average Bonchev–Trinajstić information content (AvgIpc) is 2.55. The predicted molar refractivity (Wildman–Crippen MR) is 86.8 cm³/mol. The van der Waals surface area contributed by atoms with Gasteiger partial charge in [-0.15, -0.1) is 0 Å². The lowest BCUT2D eigenvalue weighted by Gasteiger charge is -2.41. The van der Waals surface area contributed by atoms with Gasteiger partial charge in [0.05, 0.1) is 6.61 Å². The van der Waals surface area contributed by atoms with E-state index in [1.807, 2.05) is 0 Å². The summed E-state index contributed by atoms with van der Waals surface area (Å²) in [5.74, 6) is 0. The van der Waals surface area contributed by atoms with Crippen molar-refractivity contribution in [1.82, 2.24) is 9.80 Å². The lowest BCUT2D eigenvalue weighted by molar-refractivity contribution is 0.0612. The van der Waals surface area contributed by atoms with Gasteiger partial charge in [-0.1, -0.05) is 24.3 Å². The zero-order valence-corrected chi connectivity index (χ0v) is 13.3. The van der Waals surface area contributed by atoms with Crippen molar-refractivity contribution in [2.45, 2.75) is 32.2 Å². The number of rotatable bonds is 5. The van der Waals surface area contributed by atoms with Gasteiger partial charge in [-0.2, -0.15) is 0 Å². The molecule has 0 unspecified atom stereocenters. The quantitative estimate of drug-likeness (QED) is 0.773. The van der Waals surface area contributed by atoms with Gasteiger partial charge in [0.2, 0.25) is 0 Å². The Kier molecular flexibility index (Phi) is 5.28. The van der Waals surface area contributed by atoms with Gasteiger partial charge in [0, 0.05) is 45.4 Å². The molecule has 1 heterocycles. The first kappa shape index (κ1) is 15.0. The molecule has 1 fully saturated rings. The summed E-state index contributed by atoms with van der Waals surface area (Å²) in [7, 11) is 0. The normalized spacial score (nSPS) is 24.0. The van der Waals surface area contributed by atoms with E-state index in [9.17, 15) is 0 Å². The molecule has 0 bridgehead atoms. The van der Waals surface area contributed by atoms with Crippen LogP contribution in [0.4, 0.5) is 0 Å². The van der Waals surface area contributed by atoms with E-state index in [2.05, 4.69) is 41.0 Å². The van der Waals surface area contributed by atoms with Gasteiger partial charge >= 0.3 is 0 Å². The van der Waals surface area contributed by atoms with Gasteiger partial charge < -0.3 is 4.74 Å². The van der Waals surface area contributed by atoms with Gasteiger partial charge in [-0.3, -0.25) is 9.80 Å². The average molecular weight is 288 g/mol. The van der Waals surface area contributed by atoms with Gasteiger partial charge in [0.1, 0.15) is 0 Å². The SMILES string of the molecule is CCOCCN1CCN([C@@H]2CCc3ccccc3C2)CC1. The Bertz CT molecular complexity index is 441. The van der Waals surface area contributed by atoms with Crippen LogP contribution in [0.15, 0.2) is 24.3 Å². The summed E-state index contributed by atoms with van der Waals surface area (Å²) in [6.07, 6.45) is 3.83. The van der Waals surface area contributed by atoms with E-state index in [0.717, 1.165) is 25.8 Å². The van der Waals surface area contributed by atoms with E-state index in [1.54, 1.807) is 11.1 Å². The minimum atomic E-state index is 0.758. The van der Waals surface area contributed by atoms with Gasteiger partial charge in [0.25, 0.3) is 0 Å². The first-order valence-electron chi connectivity index (χ1n) is 8.47. The van der Waals surface area contributed by atoms with E-state index in [0.29, 0.717) is 0 Å². The number of benzene rings is 1. The summed E-state index contributed by atoms with van der Waals surface area (Å²) in [5, 5.41) is 0. The Labute approximate surface area is 128 Å². The van der Waals surface area contributed by atoms with E-state index < -0.39 is 0 Å². The van der Waals surface area contributed by atoms with E-state index in [4.69, 9.17) is 4.74 Å². The highest BCUT2D eigenvalue weighted by molar-refractivity contribution is 5.30. The van der Waals surface area contributed by atoms with E-state index in [-0.39, 0.29) is 0 Å². The monoisotopic (exact) mass is 288 g/mol. The fourth-order valence-electron chi connectivity index (χ4n) is 3.68. The molecular formula is C18H28N2O. The van der Waals surface area contributed by atoms with Crippen LogP contribution in [0.1, 0.15) is 24.5 Å². The van der Waals surface area contributed by atoms with Crippen LogP contribution < -0.4 is 0 Å².